The molecular formula is C15H15ClN2O4S. The molecule has 0 aliphatic rings. The normalized spacial score (nSPS) is 11.6. The number of carboxylic acid groups (broad SMARTS) is 1. The van der Waals surface area contributed by atoms with Gasteiger partial charge in [0.05, 0.1) is 15.5 Å². The Labute approximate surface area is 139 Å². The summed E-state index contributed by atoms with van der Waals surface area (Å²) in [6.07, 6.45) is 3.17. The molecular weight excluding hydrogens is 340 g/mol. The highest BCUT2D eigenvalue weighted by molar-refractivity contribution is 7.89. The minimum atomic E-state index is -3.83. The van der Waals surface area contributed by atoms with Crippen molar-refractivity contribution in [1.82, 2.24) is 9.29 Å². The summed E-state index contributed by atoms with van der Waals surface area (Å²) in [4.78, 5) is 14.9. The molecule has 0 saturated carbocycles. The van der Waals surface area contributed by atoms with Gasteiger partial charge in [-0.25, -0.2) is 13.2 Å². The number of hydrogen-bond acceptors (Lipinski definition) is 4. The zero-order valence-electron chi connectivity index (χ0n) is 12.3. The van der Waals surface area contributed by atoms with Gasteiger partial charge in [-0.2, -0.15) is 4.31 Å². The molecule has 0 radical (unpaired) electrons. The number of carbonyl (C=O) groups is 1. The number of sulfonamides is 1. The summed E-state index contributed by atoms with van der Waals surface area (Å²) in [5.41, 5.74) is 0.547. The SMILES string of the molecule is CCN(Cc1ccncc1)S(=O)(=O)c1ccc(Cl)c(C(=O)O)c1. The van der Waals surface area contributed by atoms with E-state index in [0.717, 1.165) is 11.6 Å². The standard InChI is InChI=1S/C15H15ClN2O4S/c1-2-18(10-11-5-7-17-8-6-11)23(21,22)12-3-4-14(16)13(9-12)15(19)20/h3-9H,2,10H2,1H3,(H,19,20). The van der Waals surface area contributed by atoms with Crippen molar-refractivity contribution in [3.8, 4) is 0 Å². The molecule has 0 spiro atoms. The lowest BCUT2D eigenvalue weighted by Crippen LogP contribution is -2.30. The highest BCUT2D eigenvalue weighted by Gasteiger charge is 2.25. The minimum Gasteiger partial charge on any atom is -0.478 e. The lowest BCUT2D eigenvalue weighted by molar-refractivity contribution is 0.0697. The van der Waals surface area contributed by atoms with Crippen LogP contribution in [0.15, 0.2) is 47.6 Å². The van der Waals surface area contributed by atoms with Gasteiger partial charge in [0.15, 0.2) is 0 Å². The van der Waals surface area contributed by atoms with Crippen molar-refractivity contribution in [2.45, 2.75) is 18.4 Å². The van der Waals surface area contributed by atoms with Crippen LogP contribution in [0.1, 0.15) is 22.8 Å². The van der Waals surface area contributed by atoms with Gasteiger partial charge < -0.3 is 5.11 Å². The lowest BCUT2D eigenvalue weighted by atomic mass is 10.2. The van der Waals surface area contributed by atoms with Crippen molar-refractivity contribution >= 4 is 27.6 Å². The maximum atomic E-state index is 12.7. The highest BCUT2D eigenvalue weighted by Crippen LogP contribution is 2.24. The molecule has 122 valence electrons. The first-order valence-electron chi connectivity index (χ1n) is 6.78. The van der Waals surface area contributed by atoms with Crippen LogP contribution in [0.4, 0.5) is 0 Å². The smallest absolute Gasteiger partial charge is 0.337 e. The molecule has 6 nitrogen and oxygen atoms in total. The van der Waals surface area contributed by atoms with Gasteiger partial charge in [-0.3, -0.25) is 4.98 Å². The van der Waals surface area contributed by atoms with E-state index in [1.54, 1.807) is 31.5 Å². The molecule has 2 aromatic rings. The summed E-state index contributed by atoms with van der Waals surface area (Å²) in [5.74, 6) is -1.27. The van der Waals surface area contributed by atoms with E-state index < -0.39 is 16.0 Å². The van der Waals surface area contributed by atoms with Gasteiger partial charge in [0.2, 0.25) is 10.0 Å². The number of rotatable bonds is 6. The zero-order valence-corrected chi connectivity index (χ0v) is 13.9. The zero-order chi connectivity index (χ0) is 17.0. The molecule has 0 fully saturated rings. The van der Waals surface area contributed by atoms with Crippen LogP contribution < -0.4 is 0 Å². The maximum Gasteiger partial charge on any atom is 0.337 e. The molecule has 1 heterocycles. The molecule has 8 heteroatoms. The Morgan fingerprint density at radius 1 is 1.26 bits per heavy atom. The van der Waals surface area contributed by atoms with Crippen molar-refractivity contribution in [1.29, 1.82) is 0 Å². The van der Waals surface area contributed by atoms with E-state index in [1.807, 2.05) is 0 Å². The molecule has 1 aromatic heterocycles. The van der Waals surface area contributed by atoms with Crippen LogP contribution in [0.3, 0.4) is 0 Å². The Bertz CT molecular complexity index is 809. The monoisotopic (exact) mass is 354 g/mol. The Kier molecular flexibility index (Phi) is 5.35. The molecule has 0 atom stereocenters. The van der Waals surface area contributed by atoms with E-state index in [1.165, 1.54) is 16.4 Å². The Morgan fingerprint density at radius 3 is 2.48 bits per heavy atom. The van der Waals surface area contributed by atoms with E-state index in [9.17, 15) is 13.2 Å². The number of pyridine rings is 1. The van der Waals surface area contributed by atoms with Gasteiger partial charge in [-0.15, -0.1) is 0 Å². The highest BCUT2D eigenvalue weighted by atomic mass is 35.5. The predicted molar refractivity (Wildman–Crippen MR) is 85.9 cm³/mol. The molecule has 0 aliphatic heterocycles. The van der Waals surface area contributed by atoms with Crippen LogP contribution in [0.25, 0.3) is 0 Å². The number of aromatic carboxylic acids is 1. The first kappa shape index (κ1) is 17.4. The van der Waals surface area contributed by atoms with E-state index in [4.69, 9.17) is 16.7 Å². The number of aromatic nitrogens is 1. The fourth-order valence-corrected chi connectivity index (χ4v) is 3.70. The molecule has 1 aromatic carbocycles. The molecule has 0 amide bonds. The van der Waals surface area contributed by atoms with E-state index >= 15 is 0 Å². The van der Waals surface area contributed by atoms with E-state index in [2.05, 4.69) is 4.98 Å². The van der Waals surface area contributed by atoms with Crippen molar-refractivity contribution < 1.29 is 18.3 Å². The molecule has 2 rings (SSSR count). The maximum absolute atomic E-state index is 12.7. The largest absolute Gasteiger partial charge is 0.478 e. The van der Waals surface area contributed by atoms with Crippen LogP contribution in [-0.2, 0) is 16.6 Å². The fraction of sp³-hybridized carbons (Fsp3) is 0.200. The summed E-state index contributed by atoms with van der Waals surface area (Å²) < 4.78 is 26.7. The number of hydrogen-bond donors (Lipinski definition) is 1. The second-order valence-corrected chi connectivity index (χ2v) is 7.08. The molecule has 0 aliphatic carbocycles. The van der Waals surface area contributed by atoms with Gasteiger partial charge in [0.1, 0.15) is 0 Å². The summed E-state index contributed by atoms with van der Waals surface area (Å²) in [6.45, 7) is 2.13. The molecule has 0 bridgehead atoms. The summed E-state index contributed by atoms with van der Waals surface area (Å²) in [5, 5.41) is 9.08. The fourth-order valence-electron chi connectivity index (χ4n) is 2.04. The Balaban J connectivity index is 2.39. The van der Waals surface area contributed by atoms with Crippen molar-refractivity contribution in [2.75, 3.05) is 6.54 Å². The number of carboxylic acids is 1. The topological polar surface area (TPSA) is 87.6 Å². The Hall–Kier alpha value is -1.96. The van der Waals surface area contributed by atoms with Gasteiger partial charge in [0.25, 0.3) is 0 Å². The number of benzene rings is 1. The summed E-state index contributed by atoms with van der Waals surface area (Å²) >= 11 is 5.79. The molecule has 23 heavy (non-hydrogen) atoms. The van der Waals surface area contributed by atoms with Crippen molar-refractivity contribution in [2.24, 2.45) is 0 Å². The number of halogens is 1. The molecule has 0 saturated heterocycles. The average Bonchev–Trinajstić information content (AvgIpc) is 2.53. The third kappa shape index (κ3) is 3.87. The van der Waals surface area contributed by atoms with Crippen LogP contribution >= 0.6 is 11.6 Å². The van der Waals surface area contributed by atoms with Crippen molar-refractivity contribution in [3.05, 3.63) is 58.9 Å². The van der Waals surface area contributed by atoms with Crippen molar-refractivity contribution in [3.63, 3.8) is 0 Å². The van der Waals surface area contributed by atoms with E-state index in [0.29, 0.717) is 0 Å². The Morgan fingerprint density at radius 2 is 1.91 bits per heavy atom. The van der Waals surface area contributed by atoms with Crippen LogP contribution in [0.5, 0.6) is 0 Å². The number of nitrogens with zero attached hydrogens (tertiary/aromatic N) is 2. The summed E-state index contributed by atoms with van der Waals surface area (Å²) in [6, 6.07) is 7.11. The van der Waals surface area contributed by atoms with Gasteiger partial charge in [0, 0.05) is 25.5 Å². The lowest BCUT2D eigenvalue weighted by Gasteiger charge is -2.21. The third-order valence-electron chi connectivity index (χ3n) is 3.27. The third-order valence-corrected chi connectivity index (χ3v) is 5.51. The van der Waals surface area contributed by atoms with Crippen LogP contribution in [0.2, 0.25) is 5.02 Å². The second-order valence-electron chi connectivity index (χ2n) is 4.73. The second kappa shape index (κ2) is 7.08. The van der Waals surface area contributed by atoms with Crippen LogP contribution in [0, 0.1) is 0 Å². The first-order valence-corrected chi connectivity index (χ1v) is 8.60. The average molecular weight is 355 g/mol. The van der Waals surface area contributed by atoms with Gasteiger partial charge >= 0.3 is 5.97 Å². The molecule has 1 N–H and O–H groups in total. The molecule has 0 unspecified atom stereocenters. The summed E-state index contributed by atoms with van der Waals surface area (Å²) in [7, 11) is -3.83. The predicted octanol–water partition coefficient (Wildman–Crippen LogP) is 2.64. The minimum absolute atomic E-state index is 0.00590. The van der Waals surface area contributed by atoms with Gasteiger partial charge in [-0.05, 0) is 35.9 Å². The quantitative estimate of drug-likeness (QED) is 0.861. The van der Waals surface area contributed by atoms with Crippen LogP contribution in [-0.4, -0.2) is 35.3 Å². The first-order chi connectivity index (χ1) is 10.9. The van der Waals surface area contributed by atoms with Gasteiger partial charge in [-0.1, -0.05) is 18.5 Å². The van der Waals surface area contributed by atoms with E-state index in [-0.39, 0.29) is 28.6 Å².